The van der Waals surface area contributed by atoms with Gasteiger partial charge in [0.15, 0.2) is 0 Å². The number of ether oxygens (including phenoxy) is 1. The molecule has 0 aliphatic heterocycles. The first-order chi connectivity index (χ1) is 10.0. The Bertz CT molecular complexity index is 686. The third-order valence-corrected chi connectivity index (χ3v) is 3.07. The molecule has 0 radical (unpaired) electrons. The lowest BCUT2D eigenvalue weighted by molar-refractivity contribution is -0.384. The summed E-state index contributed by atoms with van der Waals surface area (Å²) < 4.78 is 5.00. The number of amides is 1. The molecule has 108 valence electrons. The zero-order valence-electron chi connectivity index (χ0n) is 11.0. The van der Waals surface area contributed by atoms with Crippen molar-refractivity contribution in [1.82, 2.24) is 0 Å². The Labute approximate surface area is 125 Å². The molecule has 2 aromatic carbocycles. The van der Waals surface area contributed by atoms with Crippen LogP contribution in [0.1, 0.15) is 10.4 Å². The Morgan fingerprint density at radius 3 is 2.48 bits per heavy atom. The number of nitrogens with zero attached hydrogens (tertiary/aromatic N) is 1. The number of carbonyl (C=O) groups excluding carboxylic acids is 1. The highest BCUT2D eigenvalue weighted by molar-refractivity contribution is 6.32. The second-order valence-corrected chi connectivity index (χ2v) is 4.51. The van der Waals surface area contributed by atoms with E-state index in [0.29, 0.717) is 17.0 Å². The number of nitro benzene ring substituents is 1. The molecule has 0 bridgehead atoms. The van der Waals surface area contributed by atoms with E-state index in [1.54, 1.807) is 24.3 Å². The van der Waals surface area contributed by atoms with Crippen LogP contribution in [0.15, 0.2) is 42.5 Å². The molecular formula is C14H11ClN2O4. The summed E-state index contributed by atoms with van der Waals surface area (Å²) in [6.07, 6.45) is 0. The Morgan fingerprint density at radius 1 is 1.24 bits per heavy atom. The minimum atomic E-state index is -0.606. The summed E-state index contributed by atoms with van der Waals surface area (Å²) in [7, 11) is 1.53. The summed E-state index contributed by atoms with van der Waals surface area (Å²) in [5.41, 5.74) is 0.449. The van der Waals surface area contributed by atoms with E-state index < -0.39 is 4.92 Å². The molecule has 0 aromatic heterocycles. The summed E-state index contributed by atoms with van der Waals surface area (Å²) in [5.74, 6) is 0.253. The van der Waals surface area contributed by atoms with Crippen LogP contribution in [0.25, 0.3) is 0 Å². The van der Waals surface area contributed by atoms with Crippen molar-refractivity contribution in [3.63, 3.8) is 0 Å². The van der Waals surface area contributed by atoms with Gasteiger partial charge in [-0.3, -0.25) is 14.9 Å². The summed E-state index contributed by atoms with van der Waals surface area (Å²) in [6, 6.07) is 10.6. The lowest BCUT2D eigenvalue weighted by Gasteiger charge is -2.06. The lowest BCUT2D eigenvalue weighted by atomic mass is 10.2. The number of rotatable bonds is 4. The van der Waals surface area contributed by atoms with Crippen molar-refractivity contribution in [1.29, 1.82) is 0 Å². The van der Waals surface area contributed by atoms with Crippen molar-refractivity contribution >= 4 is 28.9 Å². The van der Waals surface area contributed by atoms with Crippen molar-refractivity contribution in [3.8, 4) is 5.75 Å². The van der Waals surface area contributed by atoms with E-state index in [9.17, 15) is 14.9 Å². The number of benzene rings is 2. The van der Waals surface area contributed by atoms with E-state index >= 15 is 0 Å². The van der Waals surface area contributed by atoms with Gasteiger partial charge in [0.2, 0.25) is 0 Å². The quantitative estimate of drug-likeness (QED) is 0.692. The summed E-state index contributed by atoms with van der Waals surface area (Å²) in [5, 5.41) is 13.4. The van der Waals surface area contributed by atoms with Gasteiger partial charge in [0.25, 0.3) is 11.6 Å². The molecule has 2 aromatic rings. The van der Waals surface area contributed by atoms with Gasteiger partial charge in [-0.1, -0.05) is 11.6 Å². The molecule has 1 amide bonds. The average molecular weight is 307 g/mol. The molecule has 6 nitrogen and oxygen atoms in total. The normalized spacial score (nSPS) is 10.0. The molecule has 0 saturated heterocycles. The fourth-order valence-electron chi connectivity index (χ4n) is 1.68. The van der Waals surface area contributed by atoms with Crippen LogP contribution in [0, 0.1) is 10.1 Å². The molecule has 0 spiro atoms. The standard InChI is InChI=1S/C14H11ClN2O4/c1-21-11-5-2-9(3-6-11)14(18)16-10-4-7-12(15)13(8-10)17(19)20/h2-8H,1H3,(H,16,18). The first-order valence-corrected chi connectivity index (χ1v) is 6.28. The monoisotopic (exact) mass is 306 g/mol. The largest absolute Gasteiger partial charge is 0.497 e. The van der Waals surface area contributed by atoms with Gasteiger partial charge in [-0.25, -0.2) is 0 Å². The molecule has 0 atom stereocenters. The number of nitro groups is 1. The minimum Gasteiger partial charge on any atom is -0.497 e. The van der Waals surface area contributed by atoms with Gasteiger partial charge in [0, 0.05) is 17.3 Å². The van der Waals surface area contributed by atoms with Crippen molar-refractivity contribution in [2.45, 2.75) is 0 Å². The molecule has 0 unspecified atom stereocenters. The minimum absolute atomic E-state index is 0.0162. The van der Waals surface area contributed by atoms with Crippen molar-refractivity contribution in [2.75, 3.05) is 12.4 Å². The summed E-state index contributed by atoms with van der Waals surface area (Å²) in [6.45, 7) is 0. The fraction of sp³-hybridized carbons (Fsp3) is 0.0714. The lowest BCUT2D eigenvalue weighted by Crippen LogP contribution is -2.11. The fourth-order valence-corrected chi connectivity index (χ4v) is 1.86. The van der Waals surface area contributed by atoms with E-state index in [-0.39, 0.29) is 16.6 Å². The molecule has 21 heavy (non-hydrogen) atoms. The molecule has 0 aliphatic carbocycles. The maximum atomic E-state index is 12.0. The van der Waals surface area contributed by atoms with Crippen LogP contribution in [0.5, 0.6) is 5.75 Å². The van der Waals surface area contributed by atoms with Crippen LogP contribution in [0.3, 0.4) is 0 Å². The van der Waals surface area contributed by atoms with E-state index in [1.165, 1.54) is 25.3 Å². The maximum absolute atomic E-state index is 12.0. The van der Waals surface area contributed by atoms with E-state index in [4.69, 9.17) is 16.3 Å². The number of hydrogen-bond acceptors (Lipinski definition) is 4. The van der Waals surface area contributed by atoms with E-state index in [0.717, 1.165) is 0 Å². The summed E-state index contributed by atoms with van der Waals surface area (Å²) in [4.78, 5) is 22.2. The van der Waals surface area contributed by atoms with Crippen molar-refractivity contribution < 1.29 is 14.5 Å². The number of anilines is 1. The van der Waals surface area contributed by atoms with Gasteiger partial charge in [-0.05, 0) is 36.4 Å². The van der Waals surface area contributed by atoms with Crippen LogP contribution < -0.4 is 10.1 Å². The van der Waals surface area contributed by atoms with Gasteiger partial charge < -0.3 is 10.1 Å². The highest BCUT2D eigenvalue weighted by Crippen LogP contribution is 2.27. The van der Waals surface area contributed by atoms with Crippen LogP contribution >= 0.6 is 11.6 Å². The van der Waals surface area contributed by atoms with Gasteiger partial charge in [-0.15, -0.1) is 0 Å². The van der Waals surface area contributed by atoms with Gasteiger partial charge in [0.1, 0.15) is 10.8 Å². The zero-order chi connectivity index (χ0) is 15.4. The Kier molecular flexibility index (Phi) is 4.39. The van der Waals surface area contributed by atoms with Crippen molar-refractivity contribution in [3.05, 3.63) is 63.2 Å². The topological polar surface area (TPSA) is 81.5 Å². The predicted molar refractivity (Wildman–Crippen MR) is 79.1 cm³/mol. The Hall–Kier alpha value is -2.60. The second-order valence-electron chi connectivity index (χ2n) is 4.11. The highest BCUT2D eigenvalue weighted by Gasteiger charge is 2.14. The van der Waals surface area contributed by atoms with Gasteiger partial charge >= 0.3 is 0 Å². The third-order valence-electron chi connectivity index (χ3n) is 2.75. The van der Waals surface area contributed by atoms with Crippen LogP contribution in [-0.2, 0) is 0 Å². The van der Waals surface area contributed by atoms with Crippen molar-refractivity contribution in [2.24, 2.45) is 0 Å². The SMILES string of the molecule is COc1ccc(C(=O)Nc2ccc(Cl)c([N+](=O)[O-])c2)cc1. The van der Waals surface area contributed by atoms with Gasteiger partial charge in [-0.2, -0.15) is 0 Å². The first-order valence-electron chi connectivity index (χ1n) is 5.90. The number of nitrogens with one attached hydrogen (secondary N) is 1. The van der Waals surface area contributed by atoms with Crippen LogP contribution in [-0.4, -0.2) is 17.9 Å². The number of halogens is 1. The predicted octanol–water partition coefficient (Wildman–Crippen LogP) is 3.51. The Morgan fingerprint density at radius 2 is 1.90 bits per heavy atom. The molecule has 2 rings (SSSR count). The zero-order valence-corrected chi connectivity index (χ0v) is 11.8. The molecule has 0 fully saturated rings. The van der Waals surface area contributed by atoms with E-state index in [1.807, 2.05) is 0 Å². The molecular weight excluding hydrogens is 296 g/mol. The molecule has 0 aliphatic rings. The van der Waals surface area contributed by atoms with Crippen LogP contribution in [0.4, 0.5) is 11.4 Å². The first kappa shape index (κ1) is 14.8. The molecule has 7 heteroatoms. The number of carbonyl (C=O) groups is 1. The van der Waals surface area contributed by atoms with Gasteiger partial charge in [0.05, 0.1) is 12.0 Å². The second kappa shape index (κ2) is 6.23. The highest BCUT2D eigenvalue weighted by atomic mass is 35.5. The average Bonchev–Trinajstić information content (AvgIpc) is 2.49. The van der Waals surface area contributed by atoms with E-state index in [2.05, 4.69) is 5.32 Å². The molecule has 0 saturated carbocycles. The number of methoxy groups -OCH3 is 1. The number of hydrogen-bond donors (Lipinski definition) is 1. The Balaban J connectivity index is 2.19. The molecule has 0 heterocycles. The maximum Gasteiger partial charge on any atom is 0.289 e. The molecule has 1 N–H and O–H groups in total. The van der Waals surface area contributed by atoms with Crippen LogP contribution in [0.2, 0.25) is 5.02 Å². The third kappa shape index (κ3) is 3.49. The summed E-state index contributed by atoms with van der Waals surface area (Å²) >= 11 is 5.71. The smallest absolute Gasteiger partial charge is 0.289 e.